The molecule has 1 heterocycles. The molecule has 0 aromatic carbocycles. The van der Waals surface area contributed by atoms with Gasteiger partial charge in [-0.25, -0.2) is 0 Å². The molecule has 0 aromatic rings. The first-order valence-electron chi connectivity index (χ1n) is 9.11. The van der Waals surface area contributed by atoms with Crippen LogP contribution in [0.15, 0.2) is 0 Å². The van der Waals surface area contributed by atoms with Crippen LogP contribution in [0.5, 0.6) is 0 Å². The molecule has 5 nitrogen and oxygen atoms in total. The van der Waals surface area contributed by atoms with Gasteiger partial charge in [-0.15, -0.1) is 24.8 Å². The minimum atomic E-state index is -0.803. The number of carbonyl (C=O) groups excluding carboxylic acids is 1. The summed E-state index contributed by atoms with van der Waals surface area (Å²) in [5.41, 5.74) is 5.30. The number of likely N-dealkylation sites (tertiary alicyclic amines) is 1. The average molecular weight is 398 g/mol. The maximum Gasteiger partial charge on any atom is 0.240 e. The van der Waals surface area contributed by atoms with Crippen molar-refractivity contribution in [3.8, 4) is 0 Å². The Hall–Kier alpha value is -0.0700. The van der Waals surface area contributed by atoms with Crippen LogP contribution < -0.4 is 11.1 Å². The minimum Gasteiger partial charge on any atom is -0.378 e. The van der Waals surface area contributed by atoms with Gasteiger partial charge in [0.05, 0.1) is 6.10 Å². The second-order valence-electron chi connectivity index (χ2n) is 8.36. The summed E-state index contributed by atoms with van der Waals surface area (Å²) in [7, 11) is 0. The second kappa shape index (κ2) is 9.75. The zero-order valence-electron chi connectivity index (χ0n) is 16.3. The lowest BCUT2D eigenvalue weighted by Crippen LogP contribution is -2.75. The zero-order valence-corrected chi connectivity index (χ0v) is 18.0. The van der Waals surface area contributed by atoms with Crippen LogP contribution in [0, 0.1) is 17.3 Å². The molecule has 1 aliphatic carbocycles. The van der Waals surface area contributed by atoms with Crippen LogP contribution in [-0.4, -0.2) is 55.2 Å². The summed E-state index contributed by atoms with van der Waals surface area (Å²) in [6, 6.07) is 0. The van der Waals surface area contributed by atoms with Crippen LogP contribution in [0.4, 0.5) is 0 Å². The van der Waals surface area contributed by atoms with Gasteiger partial charge in [0.15, 0.2) is 0 Å². The number of rotatable bonds is 7. The summed E-state index contributed by atoms with van der Waals surface area (Å²) < 4.78 is 5.70. The number of carbonyl (C=O) groups is 1. The van der Waals surface area contributed by atoms with Crippen LogP contribution in [0.3, 0.4) is 0 Å². The predicted octanol–water partition coefficient (Wildman–Crippen LogP) is 2.46. The van der Waals surface area contributed by atoms with E-state index in [4.69, 9.17) is 10.5 Å². The van der Waals surface area contributed by atoms with E-state index in [0.717, 1.165) is 32.6 Å². The SMILES string of the molecule is CCOC1CC(N)(C(=O)NCC2CCN(CC(C)C)C2)C1(C)C.Cl.Cl. The molecule has 1 amide bonds. The Labute approximate surface area is 165 Å². The number of nitrogens with zero attached hydrogens (tertiary/aromatic N) is 1. The molecule has 3 unspecified atom stereocenters. The van der Waals surface area contributed by atoms with Crippen molar-refractivity contribution in [3.63, 3.8) is 0 Å². The molecule has 1 aliphatic heterocycles. The molecule has 2 fully saturated rings. The lowest BCUT2D eigenvalue weighted by Gasteiger charge is -2.57. The lowest BCUT2D eigenvalue weighted by atomic mass is 9.54. The molecule has 150 valence electrons. The third-order valence-electron chi connectivity index (χ3n) is 5.78. The Balaban J connectivity index is 0.00000288. The van der Waals surface area contributed by atoms with Crippen LogP contribution in [0.25, 0.3) is 0 Å². The van der Waals surface area contributed by atoms with Crippen molar-refractivity contribution in [2.24, 2.45) is 23.0 Å². The van der Waals surface area contributed by atoms with E-state index in [1.165, 1.54) is 0 Å². The van der Waals surface area contributed by atoms with Crippen molar-refractivity contribution in [2.75, 3.05) is 32.8 Å². The van der Waals surface area contributed by atoms with E-state index in [0.29, 0.717) is 24.9 Å². The zero-order chi connectivity index (χ0) is 17.3. The molecular formula is C18H37Cl2N3O2. The highest BCUT2D eigenvalue weighted by Crippen LogP contribution is 2.49. The molecular weight excluding hydrogens is 361 g/mol. The maximum atomic E-state index is 12.6. The van der Waals surface area contributed by atoms with E-state index < -0.39 is 5.54 Å². The number of hydrogen-bond acceptors (Lipinski definition) is 4. The van der Waals surface area contributed by atoms with Crippen molar-refractivity contribution < 1.29 is 9.53 Å². The molecule has 0 aromatic heterocycles. The van der Waals surface area contributed by atoms with Gasteiger partial charge >= 0.3 is 0 Å². The highest BCUT2D eigenvalue weighted by Gasteiger charge is 2.62. The maximum absolute atomic E-state index is 12.6. The predicted molar refractivity (Wildman–Crippen MR) is 108 cm³/mol. The molecule has 1 saturated heterocycles. The Morgan fingerprint density at radius 3 is 2.52 bits per heavy atom. The monoisotopic (exact) mass is 397 g/mol. The van der Waals surface area contributed by atoms with Gasteiger partial charge in [0.2, 0.25) is 5.91 Å². The standard InChI is InChI=1S/C18H35N3O2.2ClH/c1-6-23-15-9-18(19,17(15,4)5)16(22)20-10-14-7-8-21(12-14)11-13(2)3;;/h13-15H,6-12,19H2,1-5H3,(H,20,22);2*1H. The van der Waals surface area contributed by atoms with Crippen LogP contribution >= 0.6 is 24.8 Å². The Morgan fingerprint density at radius 1 is 1.36 bits per heavy atom. The van der Waals surface area contributed by atoms with Gasteiger partial charge < -0.3 is 20.7 Å². The summed E-state index contributed by atoms with van der Waals surface area (Å²) in [6.45, 7) is 15.3. The third kappa shape index (κ3) is 5.23. The fourth-order valence-electron chi connectivity index (χ4n) is 3.98. The largest absolute Gasteiger partial charge is 0.378 e. The molecule has 2 aliphatic rings. The molecule has 3 atom stereocenters. The second-order valence-corrected chi connectivity index (χ2v) is 8.36. The first-order chi connectivity index (χ1) is 10.7. The number of hydrogen-bond donors (Lipinski definition) is 2. The van der Waals surface area contributed by atoms with Crippen LogP contribution in [0.2, 0.25) is 0 Å². The summed E-state index contributed by atoms with van der Waals surface area (Å²) in [5.74, 6) is 1.23. The van der Waals surface area contributed by atoms with E-state index >= 15 is 0 Å². The van der Waals surface area contributed by atoms with Crippen molar-refractivity contribution in [1.82, 2.24) is 10.2 Å². The molecule has 0 spiro atoms. The molecule has 1 saturated carbocycles. The van der Waals surface area contributed by atoms with Gasteiger partial charge in [-0.05, 0) is 31.7 Å². The fraction of sp³-hybridized carbons (Fsp3) is 0.944. The number of amides is 1. The Bertz CT molecular complexity index is 435. The average Bonchev–Trinajstić information content (AvgIpc) is 2.90. The number of halogens is 2. The number of nitrogens with one attached hydrogen (secondary N) is 1. The topological polar surface area (TPSA) is 67.6 Å². The molecule has 3 N–H and O–H groups in total. The highest BCUT2D eigenvalue weighted by molar-refractivity contribution is 5.88. The van der Waals surface area contributed by atoms with Crippen LogP contribution in [-0.2, 0) is 9.53 Å². The Morgan fingerprint density at radius 2 is 2.00 bits per heavy atom. The van der Waals surface area contributed by atoms with Gasteiger partial charge in [-0.1, -0.05) is 27.7 Å². The van der Waals surface area contributed by atoms with E-state index in [1.54, 1.807) is 0 Å². The molecule has 0 radical (unpaired) electrons. The van der Waals surface area contributed by atoms with E-state index in [-0.39, 0.29) is 42.2 Å². The molecule has 25 heavy (non-hydrogen) atoms. The highest BCUT2D eigenvalue weighted by atomic mass is 35.5. The normalized spacial score (nSPS) is 31.0. The van der Waals surface area contributed by atoms with E-state index in [2.05, 4.69) is 24.1 Å². The first-order valence-corrected chi connectivity index (χ1v) is 9.11. The van der Waals surface area contributed by atoms with Gasteiger partial charge in [-0.2, -0.15) is 0 Å². The van der Waals surface area contributed by atoms with Crippen LogP contribution in [0.1, 0.15) is 47.5 Å². The van der Waals surface area contributed by atoms with Gasteiger partial charge in [0.25, 0.3) is 0 Å². The lowest BCUT2D eigenvalue weighted by molar-refractivity contribution is -0.170. The Kier molecular flexibility index (Phi) is 9.72. The number of ether oxygens (including phenoxy) is 1. The van der Waals surface area contributed by atoms with E-state index in [9.17, 15) is 4.79 Å². The minimum absolute atomic E-state index is 0. The molecule has 2 rings (SSSR count). The number of nitrogens with two attached hydrogens (primary N) is 1. The quantitative estimate of drug-likeness (QED) is 0.691. The smallest absolute Gasteiger partial charge is 0.240 e. The summed E-state index contributed by atoms with van der Waals surface area (Å²) >= 11 is 0. The van der Waals surface area contributed by atoms with Crippen molar-refractivity contribution in [1.29, 1.82) is 0 Å². The molecule has 0 bridgehead atoms. The first kappa shape index (κ1) is 24.9. The van der Waals surface area contributed by atoms with E-state index in [1.807, 2.05) is 20.8 Å². The van der Waals surface area contributed by atoms with Gasteiger partial charge in [0, 0.05) is 38.1 Å². The summed E-state index contributed by atoms with van der Waals surface area (Å²) in [6.07, 6.45) is 1.86. The molecule has 7 heteroatoms. The summed E-state index contributed by atoms with van der Waals surface area (Å²) in [5, 5.41) is 3.11. The van der Waals surface area contributed by atoms with Crippen molar-refractivity contribution in [2.45, 2.75) is 59.1 Å². The third-order valence-corrected chi connectivity index (χ3v) is 5.78. The van der Waals surface area contributed by atoms with Gasteiger partial charge in [-0.3, -0.25) is 4.79 Å². The van der Waals surface area contributed by atoms with Crippen molar-refractivity contribution in [3.05, 3.63) is 0 Å². The fourth-order valence-corrected chi connectivity index (χ4v) is 3.98. The van der Waals surface area contributed by atoms with Gasteiger partial charge in [0.1, 0.15) is 5.54 Å². The summed E-state index contributed by atoms with van der Waals surface area (Å²) in [4.78, 5) is 15.1. The van der Waals surface area contributed by atoms with Crippen molar-refractivity contribution >= 4 is 30.7 Å².